The van der Waals surface area contributed by atoms with E-state index >= 15 is 0 Å². The fourth-order valence-electron chi connectivity index (χ4n) is 1.20. The number of benzene rings is 1. The number of hydrogen-bond donors (Lipinski definition) is 2. The summed E-state index contributed by atoms with van der Waals surface area (Å²) in [5.41, 5.74) is 9.24. The van der Waals surface area contributed by atoms with Gasteiger partial charge in [0.2, 0.25) is 0 Å². The van der Waals surface area contributed by atoms with Crippen molar-refractivity contribution in [3.63, 3.8) is 0 Å². The molecule has 1 aromatic carbocycles. The third-order valence-corrected chi connectivity index (χ3v) is 3.25. The second kappa shape index (κ2) is 12.3. The summed E-state index contributed by atoms with van der Waals surface area (Å²) in [6.45, 7) is 0.709. The minimum absolute atomic E-state index is 0.000000000000000222. The summed E-state index contributed by atoms with van der Waals surface area (Å²) >= 11 is 5.45. The van der Waals surface area contributed by atoms with Crippen molar-refractivity contribution in [2.24, 2.45) is 11.5 Å². The molecule has 5 nitrogen and oxygen atoms in total. The van der Waals surface area contributed by atoms with Crippen LogP contribution in [0.1, 0.15) is 12.8 Å². The molecule has 0 bridgehead atoms. The topological polar surface area (TPSA) is 81.6 Å². The summed E-state index contributed by atoms with van der Waals surface area (Å²) in [6, 6.07) is 9.78. The lowest BCUT2D eigenvalue weighted by Crippen LogP contribution is -2.18. The van der Waals surface area contributed by atoms with E-state index in [2.05, 4.69) is 23.7 Å². The molecule has 1 aromatic rings. The number of thiocarbonyl (C=S) groups is 1. The summed E-state index contributed by atoms with van der Waals surface area (Å²) in [6.07, 6.45) is 1.97. The Kier molecular flexibility index (Phi) is 11.4. The van der Waals surface area contributed by atoms with Gasteiger partial charge in [-0.25, -0.2) is 0 Å². The zero-order chi connectivity index (χ0) is 16.1. The molecule has 118 valence electrons. The molecule has 0 aliphatic heterocycles. The number of ether oxygens (including phenoxy) is 1. The third-order valence-electron chi connectivity index (χ3n) is 2.14. The van der Waals surface area contributed by atoms with E-state index in [9.17, 15) is 4.79 Å². The molecule has 0 radical (unpaired) electrons. The van der Waals surface area contributed by atoms with Crippen LogP contribution < -0.4 is 16.2 Å². The zero-order valence-electron chi connectivity index (χ0n) is 12.5. The maximum absolute atomic E-state index is 11.3. The van der Waals surface area contributed by atoms with E-state index in [1.54, 1.807) is 19.0 Å². The Labute approximate surface area is 136 Å². The number of nitrogens with two attached hydrogens (primary N) is 2. The Morgan fingerprint density at radius 1 is 1.24 bits per heavy atom. The fourth-order valence-corrected chi connectivity index (χ4v) is 1.98. The lowest BCUT2D eigenvalue weighted by molar-refractivity contribution is 0.241. The Balaban J connectivity index is 0.000000885. The molecule has 7 heteroatoms. The molecule has 0 aromatic heterocycles. The Morgan fingerprint density at radius 3 is 2.33 bits per heavy atom. The van der Waals surface area contributed by atoms with Gasteiger partial charge in [0.15, 0.2) is 5.11 Å². The Morgan fingerprint density at radius 2 is 1.81 bits per heavy atom. The van der Waals surface area contributed by atoms with Gasteiger partial charge in [-0.15, -0.1) is 0 Å². The first-order valence-electron chi connectivity index (χ1n) is 6.50. The second-order valence-corrected chi connectivity index (χ2v) is 5.80. The molecule has 0 saturated carbocycles. The quantitative estimate of drug-likeness (QED) is 0.616. The summed E-state index contributed by atoms with van der Waals surface area (Å²) < 4.78 is 5.56. The average molecular weight is 329 g/mol. The highest BCUT2D eigenvalue weighted by Crippen LogP contribution is 2.11. The molecule has 0 heterocycles. The van der Waals surface area contributed by atoms with E-state index in [0.29, 0.717) is 6.61 Å². The molecular weight excluding hydrogens is 306 g/mol. The molecule has 1 amide bonds. The van der Waals surface area contributed by atoms with E-state index in [1.165, 1.54) is 11.8 Å². The predicted molar refractivity (Wildman–Crippen MR) is 93.7 cm³/mol. The number of carbonyl (C=O) groups is 1. The van der Waals surface area contributed by atoms with Crippen molar-refractivity contribution < 1.29 is 9.53 Å². The van der Waals surface area contributed by atoms with Gasteiger partial charge in [0.25, 0.3) is 5.24 Å². The molecule has 0 fully saturated rings. The van der Waals surface area contributed by atoms with Crippen LogP contribution in [0.4, 0.5) is 4.79 Å². The highest BCUT2D eigenvalue weighted by atomic mass is 32.2. The third kappa shape index (κ3) is 13.3. The van der Waals surface area contributed by atoms with E-state index in [4.69, 9.17) is 4.74 Å². The largest absolute Gasteiger partial charge is 0.494 e. The summed E-state index contributed by atoms with van der Waals surface area (Å²) in [4.78, 5) is 12.9. The van der Waals surface area contributed by atoms with Crippen LogP contribution in [0.15, 0.2) is 30.3 Å². The van der Waals surface area contributed by atoms with Crippen LogP contribution >= 0.6 is 24.0 Å². The molecule has 0 saturated heterocycles. The summed E-state index contributed by atoms with van der Waals surface area (Å²) in [5.74, 6) is 1.76. The van der Waals surface area contributed by atoms with Crippen LogP contribution in [-0.2, 0) is 0 Å². The normalized spacial score (nSPS) is 9.24. The highest BCUT2D eigenvalue weighted by Gasteiger charge is 2.03. The van der Waals surface area contributed by atoms with E-state index < -0.39 is 0 Å². The number of rotatable bonds is 6. The van der Waals surface area contributed by atoms with Crippen molar-refractivity contribution in [3.05, 3.63) is 30.3 Å². The maximum atomic E-state index is 11.3. The standard InChI is InChI=1S/C13H19NO2S.CH4N2S/c1-14(2)13(15)17-11-7-6-10-16-12-8-4-3-5-9-12;2-1(3)4/h3-5,8-9H,6-7,10-11H2,1-2H3;(H4,2,3,4). The number of carbonyl (C=O) groups excluding carboxylic acids is 1. The zero-order valence-corrected chi connectivity index (χ0v) is 14.1. The molecule has 4 N–H and O–H groups in total. The molecule has 0 aliphatic rings. The number of para-hydroxylation sites is 1. The van der Waals surface area contributed by atoms with Crippen molar-refractivity contribution >= 4 is 34.3 Å². The van der Waals surface area contributed by atoms with Crippen LogP contribution in [0.25, 0.3) is 0 Å². The van der Waals surface area contributed by atoms with Gasteiger partial charge in [0, 0.05) is 19.8 Å². The highest BCUT2D eigenvalue weighted by molar-refractivity contribution is 8.13. The van der Waals surface area contributed by atoms with Gasteiger partial charge in [-0.2, -0.15) is 0 Å². The number of nitrogens with zero attached hydrogens (tertiary/aromatic N) is 1. The van der Waals surface area contributed by atoms with Crippen molar-refractivity contribution in [1.29, 1.82) is 0 Å². The van der Waals surface area contributed by atoms with Gasteiger partial charge in [0.1, 0.15) is 5.75 Å². The second-order valence-electron chi connectivity index (χ2n) is 4.28. The molecule has 0 spiro atoms. The fraction of sp³-hybridized carbons (Fsp3) is 0.429. The van der Waals surface area contributed by atoms with Gasteiger partial charge in [-0.3, -0.25) is 4.79 Å². The van der Waals surface area contributed by atoms with Gasteiger partial charge in [-0.05, 0) is 37.2 Å². The van der Waals surface area contributed by atoms with Crippen LogP contribution in [-0.4, -0.2) is 41.7 Å². The molecule has 21 heavy (non-hydrogen) atoms. The predicted octanol–water partition coefficient (Wildman–Crippen LogP) is 2.45. The SMILES string of the molecule is CN(C)C(=O)SCCCCOc1ccccc1.NC(N)=S. The number of hydrogen-bond acceptors (Lipinski definition) is 4. The van der Waals surface area contributed by atoms with E-state index in [-0.39, 0.29) is 10.4 Å². The first-order chi connectivity index (χ1) is 9.93. The molecule has 0 atom stereocenters. The summed E-state index contributed by atoms with van der Waals surface area (Å²) in [5, 5.41) is 0.119. The van der Waals surface area contributed by atoms with Crippen LogP contribution in [0.3, 0.4) is 0 Å². The lowest BCUT2D eigenvalue weighted by Gasteiger charge is -2.09. The summed E-state index contributed by atoms with van der Waals surface area (Å²) in [7, 11) is 3.54. The average Bonchev–Trinajstić information content (AvgIpc) is 2.42. The van der Waals surface area contributed by atoms with Gasteiger partial charge < -0.3 is 21.1 Å². The van der Waals surface area contributed by atoms with Crippen molar-refractivity contribution in [1.82, 2.24) is 4.90 Å². The van der Waals surface area contributed by atoms with E-state index in [1.807, 2.05) is 30.3 Å². The number of unbranched alkanes of at least 4 members (excludes halogenated alkanes) is 1. The van der Waals surface area contributed by atoms with Crippen LogP contribution in [0.5, 0.6) is 5.75 Å². The van der Waals surface area contributed by atoms with Gasteiger partial charge in [-0.1, -0.05) is 30.0 Å². The van der Waals surface area contributed by atoms with Gasteiger partial charge in [0.05, 0.1) is 6.61 Å². The molecular formula is C14H23N3O2S2. The minimum atomic E-state index is 0.000000000000000222. The van der Waals surface area contributed by atoms with Crippen LogP contribution in [0, 0.1) is 0 Å². The van der Waals surface area contributed by atoms with Crippen molar-refractivity contribution in [3.8, 4) is 5.75 Å². The molecule has 0 aliphatic carbocycles. The van der Waals surface area contributed by atoms with Crippen molar-refractivity contribution in [2.45, 2.75) is 12.8 Å². The van der Waals surface area contributed by atoms with Crippen LogP contribution in [0.2, 0.25) is 0 Å². The Hall–Kier alpha value is -1.47. The van der Waals surface area contributed by atoms with Gasteiger partial charge >= 0.3 is 0 Å². The minimum Gasteiger partial charge on any atom is -0.494 e. The monoisotopic (exact) mass is 329 g/mol. The smallest absolute Gasteiger partial charge is 0.281 e. The van der Waals surface area contributed by atoms with Crippen molar-refractivity contribution in [2.75, 3.05) is 26.5 Å². The number of thioether (sulfide) groups is 1. The maximum Gasteiger partial charge on any atom is 0.281 e. The Bertz CT molecular complexity index is 410. The lowest BCUT2D eigenvalue weighted by atomic mass is 10.3. The molecule has 1 rings (SSSR count). The first-order valence-corrected chi connectivity index (χ1v) is 7.89. The first kappa shape index (κ1) is 19.5. The number of amides is 1. The molecule has 0 unspecified atom stereocenters. The van der Waals surface area contributed by atoms with E-state index in [0.717, 1.165) is 24.3 Å².